The van der Waals surface area contributed by atoms with Crippen molar-refractivity contribution in [2.45, 2.75) is 37.9 Å². The van der Waals surface area contributed by atoms with Crippen molar-refractivity contribution in [2.24, 2.45) is 7.05 Å². The highest BCUT2D eigenvalue weighted by molar-refractivity contribution is 7.16. The van der Waals surface area contributed by atoms with E-state index in [9.17, 15) is 32.0 Å². The lowest BCUT2D eigenvalue weighted by molar-refractivity contribution is -0.141. The van der Waals surface area contributed by atoms with Gasteiger partial charge in [0.2, 0.25) is 0 Å². The van der Waals surface area contributed by atoms with Crippen molar-refractivity contribution >= 4 is 17.2 Å². The summed E-state index contributed by atoms with van der Waals surface area (Å²) < 4.78 is 69.9. The van der Waals surface area contributed by atoms with E-state index in [1.807, 2.05) is 6.07 Å². The normalized spacial score (nSPS) is 14.4. The van der Waals surface area contributed by atoms with Crippen LogP contribution in [0.15, 0.2) is 12.3 Å². The number of rotatable bonds is 5. The summed E-state index contributed by atoms with van der Waals surface area (Å²) in [5, 5.41) is 22.9. The number of aryl methyl sites for hydroxylation is 1. The molecule has 168 valence electrons. The van der Waals surface area contributed by atoms with Crippen molar-refractivity contribution in [1.82, 2.24) is 30.1 Å². The summed E-state index contributed by atoms with van der Waals surface area (Å²) in [4.78, 5) is 12.8. The highest BCUT2D eigenvalue weighted by Gasteiger charge is 2.47. The molecular weight excluding hydrogens is 457 g/mol. The lowest BCUT2D eigenvalue weighted by Gasteiger charge is -2.13. The quantitative estimate of drug-likeness (QED) is 0.573. The summed E-state index contributed by atoms with van der Waals surface area (Å²) in [5.41, 5.74) is -2.87. The summed E-state index contributed by atoms with van der Waals surface area (Å²) in [7, 11) is 1.08. The van der Waals surface area contributed by atoms with Crippen molar-refractivity contribution < 1.29 is 26.7 Å². The maximum absolute atomic E-state index is 13.8. The van der Waals surface area contributed by atoms with Crippen LogP contribution in [-0.2, 0) is 19.1 Å². The molecule has 0 saturated heterocycles. The molecule has 3 aromatic rings. The second-order valence-electron chi connectivity index (χ2n) is 7.32. The standard InChI is InChI=1S/C18H14F5N7OS/c1-17(19,20)14-13(18(21,22)23)16(29(2)27-14)30-7-10(26-28-30)11-5-9(12(6-24)32-11)15(31)25-8-3-4-8/h5,7-8H,3-4H2,1-2H3,(H,25,31). The van der Waals surface area contributed by atoms with Gasteiger partial charge >= 0.3 is 6.18 Å². The first-order valence-electron chi connectivity index (χ1n) is 9.20. The fourth-order valence-electron chi connectivity index (χ4n) is 3.09. The van der Waals surface area contributed by atoms with E-state index in [2.05, 4.69) is 20.7 Å². The summed E-state index contributed by atoms with van der Waals surface area (Å²) >= 11 is 0.918. The van der Waals surface area contributed by atoms with Crippen LogP contribution in [0.4, 0.5) is 22.0 Å². The van der Waals surface area contributed by atoms with E-state index in [0.29, 0.717) is 21.2 Å². The van der Waals surface area contributed by atoms with Gasteiger partial charge in [0, 0.05) is 20.0 Å². The molecule has 0 radical (unpaired) electrons. The van der Waals surface area contributed by atoms with E-state index < -0.39 is 35.1 Å². The molecule has 32 heavy (non-hydrogen) atoms. The van der Waals surface area contributed by atoms with E-state index in [0.717, 1.165) is 37.4 Å². The molecule has 3 heterocycles. The van der Waals surface area contributed by atoms with Crippen LogP contribution in [0.1, 0.15) is 46.3 Å². The van der Waals surface area contributed by atoms with Crippen LogP contribution in [0.3, 0.4) is 0 Å². The van der Waals surface area contributed by atoms with Gasteiger partial charge in [0.05, 0.1) is 16.6 Å². The molecule has 0 atom stereocenters. The van der Waals surface area contributed by atoms with Crippen LogP contribution in [0.2, 0.25) is 0 Å². The Labute approximate surface area is 181 Å². The zero-order chi connectivity index (χ0) is 23.4. The Morgan fingerprint density at radius 3 is 2.56 bits per heavy atom. The summed E-state index contributed by atoms with van der Waals surface area (Å²) in [6, 6.07) is 3.38. The maximum atomic E-state index is 13.8. The van der Waals surface area contributed by atoms with Gasteiger partial charge in [0.15, 0.2) is 5.82 Å². The number of carbonyl (C=O) groups is 1. The van der Waals surface area contributed by atoms with Gasteiger partial charge in [-0.1, -0.05) is 5.21 Å². The Morgan fingerprint density at radius 2 is 2.00 bits per heavy atom. The molecule has 0 unspecified atom stereocenters. The van der Waals surface area contributed by atoms with Gasteiger partial charge in [-0.2, -0.15) is 32.3 Å². The maximum Gasteiger partial charge on any atom is 0.422 e. The van der Waals surface area contributed by atoms with E-state index in [-0.39, 0.29) is 22.2 Å². The fourth-order valence-corrected chi connectivity index (χ4v) is 3.99. The number of carbonyl (C=O) groups excluding carboxylic acids is 1. The molecule has 4 rings (SSSR count). The number of hydrogen-bond acceptors (Lipinski definition) is 6. The smallest absolute Gasteiger partial charge is 0.349 e. The average Bonchev–Trinajstić information content (AvgIpc) is 3.09. The minimum atomic E-state index is -5.13. The van der Waals surface area contributed by atoms with E-state index >= 15 is 0 Å². The molecule has 8 nitrogen and oxygen atoms in total. The SMILES string of the molecule is Cn1nc(C(C)(F)F)c(C(F)(F)F)c1-n1cc(-c2cc(C(=O)NC3CC3)c(C#N)s2)nn1. The van der Waals surface area contributed by atoms with Crippen LogP contribution in [0.25, 0.3) is 16.4 Å². The van der Waals surface area contributed by atoms with Gasteiger partial charge in [0.25, 0.3) is 11.8 Å². The Morgan fingerprint density at radius 1 is 1.31 bits per heavy atom. The fraction of sp³-hybridized carbons (Fsp3) is 0.389. The molecule has 1 saturated carbocycles. The van der Waals surface area contributed by atoms with Gasteiger partial charge in [0.1, 0.15) is 27.9 Å². The van der Waals surface area contributed by atoms with Gasteiger partial charge < -0.3 is 5.32 Å². The minimum Gasteiger partial charge on any atom is -0.349 e. The first-order valence-corrected chi connectivity index (χ1v) is 10.0. The van der Waals surface area contributed by atoms with E-state index in [1.165, 1.54) is 6.07 Å². The van der Waals surface area contributed by atoms with Gasteiger partial charge in [-0.3, -0.25) is 4.79 Å². The molecule has 0 aliphatic heterocycles. The Kier molecular flexibility index (Phi) is 5.04. The van der Waals surface area contributed by atoms with Crippen molar-refractivity contribution in [1.29, 1.82) is 5.26 Å². The molecule has 1 N–H and O–H groups in total. The number of amides is 1. The number of nitrogens with zero attached hydrogens (tertiary/aromatic N) is 6. The number of thiophene rings is 1. The molecule has 1 aliphatic carbocycles. The Hall–Kier alpha value is -3.34. The Balaban J connectivity index is 1.76. The topological polar surface area (TPSA) is 101 Å². The molecule has 3 aromatic heterocycles. The van der Waals surface area contributed by atoms with Crippen molar-refractivity contribution in [3.63, 3.8) is 0 Å². The molecule has 0 spiro atoms. The lowest BCUT2D eigenvalue weighted by Crippen LogP contribution is -2.25. The predicted octanol–water partition coefficient (Wildman–Crippen LogP) is 3.62. The first-order chi connectivity index (χ1) is 14.9. The third-order valence-corrected chi connectivity index (χ3v) is 5.73. The summed E-state index contributed by atoms with van der Waals surface area (Å²) in [6.07, 6.45) is -2.33. The van der Waals surface area contributed by atoms with Crippen LogP contribution in [0.5, 0.6) is 0 Å². The van der Waals surface area contributed by atoms with Crippen LogP contribution in [0, 0.1) is 11.3 Å². The monoisotopic (exact) mass is 471 g/mol. The molecule has 0 bridgehead atoms. The van der Waals surface area contributed by atoms with Gasteiger partial charge in [-0.05, 0) is 18.9 Å². The van der Waals surface area contributed by atoms with Crippen molar-refractivity contribution in [3.05, 3.63) is 34.0 Å². The average molecular weight is 471 g/mol. The number of nitriles is 1. The van der Waals surface area contributed by atoms with Crippen LogP contribution in [-0.4, -0.2) is 36.7 Å². The van der Waals surface area contributed by atoms with E-state index in [1.54, 1.807) is 0 Å². The second kappa shape index (κ2) is 7.37. The van der Waals surface area contributed by atoms with E-state index in [4.69, 9.17) is 0 Å². The molecular formula is C18H14F5N7OS. The number of alkyl halides is 5. The number of nitrogens with one attached hydrogen (secondary N) is 1. The van der Waals surface area contributed by atoms with Gasteiger partial charge in [-0.15, -0.1) is 16.4 Å². The predicted molar refractivity (Wildman–Crippen MR) is 101 cm³/mol. The molecule has 0 aromatic carbocycles. The third kappa shape index (κ3) is 3.95. The molecule has 1 aliphatic rings. The highest BCUT2D eigenvalue weighted by Crippen LogP contribution is 2.42. The zero-order valence-electron chi connectivity index (χ0n) is 16.5. The second-order valence-corrected chi connectivity index (χ2v) is 8.37. The van der Waals surface area contributed by atoms with Gasteiger partial charge in [-0.25, -0.2) is 9.36 Å². The number of hydrogen-bond donors (Lipinski definition) is 1. The minimum absolute atomic E-state index is 0.0646. The largest absolute Gasteiger partial charge is 0.422 e. The highest BCUT2D eigenvalue weighted by atomic mass is 32.1. The van der Waals surface area contributed by atoms with Crippen molar-refractivity contribution in [3.8, 4) is 22.5 Å². The number of halogens is 5. The lowest BCUT2D eigenvalue weighted by atomic mass is 10.1. The zero-order valence-corrected chi connectivity index (χ0v) is 17.4. The van der Waals surface area contributed by atoms with Crippen molar-refractivity contribution in [2.75, 3.05) is 0 Å². The number of aromatic nitrogens is 5. The summed E-state index contributed by atoms with van der Waals surface area (Å²) in [5.74, 6) is -5.01. The van der Waals surface area contributed by atoms with Crippen LogP contribution < -0.4 is 5.32 Å². The molecule has 14 heteroatoms. The Bertz CT molecular complexity index is 1240. The summed E-state index contributed by atoms with van der Waals surface area (Å²) in [6.45, 7) is 0.324. The molecule has 1 fully saturated rings. The third-order valence-electron chi connectivity index (χ3n) is 4.67. The molecule has 1 amide bonds. The van der Waals surface area contributed by atoms with Crippen LogP contribution >= 0.6 is 11.3 Å². The first kappa shape index (κ1) is 21.9.